The molecule has 0 amide bonds. The van der Waals surface area contributed by atoms with Crippen molar-refractivity contribution < 1.29 is 28.3 Å². The van der Waals surface area contributed by atoms with Crippen LogP contribution >= 0.6 is 7.82 Å². The van der Waals surface area contributed by atoms with Crippen LogP contribution < -0.4 is 5.73 Å². The highest BCUT2D eigenvalue weighted by molar-refractivity contribution is 7.47. The van der Waals surface area contributed by atoms with E-state index in [1.807, 2.05) is 6.07 Å². The normalized spacial score (nSPS) is 46.5. The fraction of sp³-hybridized carbons (Fsp3) is 0.538. The van der Waals surface area contributed by atoms with Crippen LogP contribution in [0.3, 0.4) is 0 Å². The molecule has 0 radical (unpaired) electrons. The fourth-order valence-electron chi connectivity index (χ4n) is 3.93. The van der Waals surface area contributed by atoms with Crippen LogP contribution in [0, 0.1) is 11.3 Å². The summed E-state index contributed by atoms with van der Waals surface area (Å²) in [7, 11) is -4.37. The number of nitriles is 1. The summed E-state index contributed by atoms with van der Waals surface area (Å²) in [6.45, 7) is 1.31. The molecule has 12 nitrogen and oxygen atoms in total. The monoisotopic (exact) mass is 380 g/mol. The van der Waals surface area contributed by atoms with E-state index in [-0.39, 0.29) is 23.6 Å². The van der Waals surface area contributed by atoms with Gasteiger partial charge in [-0.25, -0.2) is 19.0 Å². The molecule has 2 aromatic heterocycles. The smallest absolute Gasteiger partial charge is 0.383 e. The second-order valence-corrected chi connectivity index (χ2v) is 8.13. The number of nitrogens with zero attached hydrogens (tertiary/aromatic N) is 5. The Bertz CT molecular complexity index is 1050. The summed E-state index contributed by atoms with van der Waals surface area (Å²) in [4.78, 5) is 17.7. The highest BCUT2D eigenvalue weighted by atomic mass is 31.2. The van der Waals surface area contributed by atoms with Gasteiger partial charge in [-0.15, -0.1) is 0 Å². The van der Waals surface area contributed by atoms with Crippen molar-refractivity contribution in [2.45, 2.75) is 42.4 Å². The molecule has 136 valence electrons. The molecule has 2 saturated heterocycles. The Balaban J connectivity index is 1.73. The van der Waals surface area contributed by atoms with Crippen LogP contribution in [-0.2, 0) is 24.0 Å². The maximum absolute atomic E-state index is 11.9. The zero-order valence-corrected chi connectivity index (χ0v) is 14.2. The van der Waals surface area contributed by atoms with Crippen molar-refractivity contribution in [2.24, 2.45) is 0 Å². The second kappa shape index (κ2) is 4.40. The van der Waals surface area contributed by atoms with Crippen LogP contribution in [0.2, 0.25) is 0 Å². The number of hydrogen-bond acceptors (Lipinski definition) is 10. The van der Waals surface area contributed by atoms with Crippen molar-refractivity contribution in [1.29, 1.82) is 5.26 Å². The van der Waals surface area contributed by atoms with Gasteiger partial charge in [-0.05, 0) is 6.92 Å². The zero-order chi connectivity index (χ0) is 18.5. The van der Waals surface area contributed by atoms with E-state index in [4.69, 9.17) is 19.5 Å². The van der Waals surface area contributed by atoms with Gasteiger partial charge in [0.05, 0.1) is 6.20 Å². The molecule has 1 aliphatic carbocycles. The molecule has 13 heteroatoms. The van der Waals surface area contributed by atoms with Crippen LogP contribution in [0.1, 0.15) is 19.0 Å². The van der Waals surface area contributed by atoms with Crippen molar-refractivity contribution in [3.05, 3.63) is 18.2 Å². The maximum Gasteiger partial charge on any atom is 0.473 e. The molecule has 1 spiro atoms. The molecule has 3 unspecified atom stereocenters. The average Bonchev–Trinajstić information content (AvgIpc) is 2.98. The Morgan fingerprint density at radius 3 is 3.00 bits per heavy atom. The molecular weight excluding hydrogens is 367 g/mol. The molecule has 0 bridgehead atoms. The summed E-state index contributed by atoms with van der Waals surface area (Å²) in [6.07, 6.45) is 0.652. The van der Waals surface area contributed by atoms with E-state index >= 15 is 0 Å². The second-order valence-electron chi connectivity index (χ2n) is 6.77. The number of rotatable bonds is 1. The highest BCUT2D eigenvalue weighted by Crippen LogP contribution is 2.71. The quantitative estimate of drug-likeness (QED) is 0.529. The Morgan fingerprint density at radius 2 is 2.27 bits per heavy atom. The van der Waals surface area contributed by atoms with Gasteiger partial charge in [0.2, 0.25) is 5.60 Å². The number of ether oxygens (including phenoxy) is 1. The summed E-state index contributed by atoms with van der Waals surface area (Å²) in [6, 6.07) is 1.98. The molecule has 26 heavy (non-hydrogen) atoms. The van der Waals surface area contributed by atoms with Crippen molar-refractivity contribution in [3.8, 4) is 6.07 Å². The number of aliphatic hydroxyl groups is 1. The number of nitrogen functional groups attached to an aromatic ring is 1. The van der Waals surface area contributed by atoms with Crippen LogP contribution in [-0.4, -0.2) is 53.0 Å². The number of aromatic nitrogens is 4. The van der Waals surface area contributed by atoms with Crippen molar-refractivity contribution in [2.75, 3.05) is 5.73 Å². The summed E-state index contributed by atoms with van der Waals surface area (Å²) >= 11 is 0. The Morgan fingerprint density at radius 1 is 1.50 bits per heavy atom. The zero-order valence-electron chi connectivity index (χ0n) is 13.3. The molecule has 4 N–H and O–H groups in total. The lowest BCUT2D eigenvalue weighted by Crippen LogP contribution is -2.53. The van der Waals surface area contributed by atoms with Gasteiger partial charge in [0.1, 0.15) is 41.5 Å². The number of phosphoric acid groups is 1. The first-order valence-electron chi connectivity index (χ1n) is 7.65. The summed E-state index contributed by atoms with van der Waals surface area (Å²) in [5.41, 5.74) is 0.850. The van der Waals surface area contributed by atoms with Crippen molar-refractivity contribution in [1.82, 2.24) is 19.6 Å². The number of imidazole rings is 1. The van der Waals surface area contributed by atoms with E-state index in [2.05, 4.69) is 15.1 Å². The number of hydrogen-bond donors (Lipinski definition) is 3. The third-order valence-electron chi connectivity index (χ3n) is 5.25. The predicted molar refractivity (Wildman–Crippen MR) is 81.1 cm³/mol. The van der Waals surface area contributed by atoms with Gasteiger partial charge >= 0.3 is 7.82 Å². The summed E-state index contributed by atoms with van der Waals surface area (Å²) < 4.78 is 29.3. The lowest BCUT2D eigenvalue weighted by molar-refractivity contribution is -0.107. The third-order valence-corrected chi connectivity index (χ3v) is 6.25. The minimum atomic E-state index is -4.37. The molecule has 2 aromatic rings. The van der Waals surface area contributed by atoms with Gasteiger partial charge in [0, 0.05) is 6.42 Å². The topological polar surface area (TPSA) is 178 Å². The molecule has 6 atom stereocenters. The molecule has 0 aromatic carbocycles. The predicted octanol–water partition coefficient (Wildman–Crippen LogP) is -0.767. The Hall–Kier alpha value is -2.13. The molecule has 5 rings (SSSR count). The first-order chi connectivity index (χ1) is 12.2. The standard InChI is InChI=1S/C13H13N6O6P/c1-11(20)10-12(2-7(12)23-26(21,22)24-10)25-13(11,4-14)6-3-16-9-8(15)17-5-18-19(6)9/h3,5,7,10,20H,2H2,1H3,(H,21,22)(H2,15,17,18)/t7?,10-,11+,12?,13-/m0/s1. The van der Waals surface area contributed by atoms with Gasteiger partial charge in [-0.3, -0.25) is 9.05 Å². The molecule has 1 saturated carbocycles. The van der Waals surface area contributed by atoms with E-state index in [1.54, 1.807) is 0 Å². The first kappa shape index (κ1) is 16.1. The number of anilines is 1. The Labute approximate surface area is 145 Å². The van der Waals surface area contributed by atoms with Crippen LogP contribution in [0.25, 0.3) is 5.65 Å². The van der Waals surface area contributed by atoms with Crippen LogP contribution in [0.15, 0.2) is 12.5 Å². The van der Waals surface area contributed by atoms with E-state index in [0.717, 1.165) is 0 Å². The molecular formula is C13H13N6O6P. The fourth-order valence-corrected chi connectivity index (χ4v) is 5.21. The van der Waals surface area contributed by atoms with E-state index in [9.17, 15) is 19.8 Å². The van der Waals surface area contributed by atoms with Crippen molar-refractivity contribution in [3.63, 3.8) is 0 Å². The van der Waals surface area contributed by atoms with Gasteiger partial charge in [0.15, 0.2) is 11.5 Å². The Kier molecular flexibility index (Phi) is 2.72. The molecule has 2 aliphatic heterocycles. The summed E-state index contributed by atoms with van der Waals surface area (Å²) in [5, 5.41) is 25.3. The number of nitrogens with two attached hydrogens (primary N) is 1. The maximum atomic E-state index is 11.9. The number of phosphoric ester groups is 1. The molecule has 3 fully saturated rings. The third kappa shape index (κ3) is 1.65. The van der Waals surface area contributed by atoms with E-state index in [0.29, 0.717) is 0 Å². The lowest BCUT2D eigenvalue weighted by Gasteiger charge is -2.35. The molecule has 4 heterocycles. The largest absolute Gasteiger partial charge is 0.473 e. The van der Waals surface area contributed by atoms with Crippen LogP contribution in [0.5, 0.6) is 0 Å². The molecule has 3 aliphatic rings. The van der Waals surface area contributed by atoms with Gasteiger partial charge in [-0.2, -0.15) is 10.4 Å². The van der Waals surface area contributed by atoms with Gasteiger partial charge in [-0.1, -0.05) is 0 Å². The first-order valence-corrected chi connectivity index (χ1v) is 9.14. The average molecular weight is 380 g/mol. The van der Waals surface area contributed by atoms with Gasteiger partial charge < -0.3 is 20.5 Å². The SMILES string of the molecule is C[C@@]1(O)[C@@H]2OP(=O)(O)OC3CC32O[C@@]1(C#N)c1cnc2c(N)ncnn12. The van der Waals surface area contributed by atoms with Crippen LogP contribution in [0.4, 0.5) is 5.82 Å². The minimum Gasteiger partial charge on any atom is -0.383 e. The van der Waals surface area contributed by atoms with Crippen molar-refractivity contribution >= 4 is 19.3 Å². The highest BCUT2D eigenvalue weighted by Gasteiger charge is 2.84. The van der Waals surface area contributed by atoms with Gasteiger partial charge in [0.25, 0.3) is 0 Å². The number of fused-ring (bicyclic) bond motifs is 1. The summed E-state index contributed by atoms with van der Waals surface area (Å²) in [5.74, 6) is 0.0799. The van der Waals surface area contributed by atoms with E-state index in [1.165, 1.54) is 24.0 Å². The lowest BCUT2D eigenvalue weighted by atomic mass is 9.80. The van der Waals surface area contributed by atoms with E-state index < -0.39 is 36.8 Å². The minimum absolute atomic E-state index is 0.0799.